The minimum absolute atomic E-state index is 0.357. The molecule has 0 N–H and O–H groups in total. The fourth-order valence-electron chi connectivity index (χ4n) is 1.33. The normalized spacial score (nSPS) is 11.9. The Morgan fingerprint density at radius 1 is 1.53 bits per heavy atom. The van der Waals surface area contributed by atoms with Gasteiger partial charge in [-0.1, -0.05) is 41.1 Å². The summed E-state index contributed by atoms with van der Waals surface area (Å²) in [6, 6.07) is 8.13. The van der Waals surface area contributed by atoms with E-state index in [1.165, 1.54) is 0 Å². The van der Waals surface area contributed by atoms with Crippen LogP contribution in [0.4, 0.5) is 0 Å². The second-order valence-electron chi connectivity index (χ2n) is 3.34. The molecular formula is C12H14BrNO. The van der Waals surface area contributed by atoms with E-state index in [2.05, 4.69) is 22.0 Å². The summed E-state index contributed by atoms with van der Waals surface area (Å²) in [7, 11) is 0. The predicted molar refractivity (Wildman–Crippen MR) is 64.1 cm³/mol. The van der Waals surface area contributed by atoms with Crippen LogP contribution in [0.1, 0.15) is 24.5 Å². The van der Waals surface area contributed by atoms with Crippen LogP contribution in [0, 0.1) is 18.3 Å². The second-order valence-corrected chi connectivity index (χ2v) is 3.90. The van der Waals surface area contributed by atoms with Crippen molar-refractivity contribution in [2.45, 2.75) is 31.7 Å². The average Bonchev–Trinajstić information content (AvgIpc) is 2.27. The molecule has 0 amide bonds. The molecule has 0 aliphatic carbocycles. The van der Waals surface area contributed by atoms with E-state index in [-0.39, 0.29) is 6.10 Å². The molecule has 0 aliphatic rings. The van der Waals surface area contributed by atoms with E-state index in [0.29, 0.717) is 6.42 Å². The van der Waals surface area contributed by atoms with Gasteiger partial charge in [0.25, 0.3) is 0 Å². The fraction of sp³-hybridized carbons (Fsp3) is 0.417. The lowest BCUT2D eigenvalue weighted by Gasteiger charge is -2.15. The summed E-state index contributed by atoms with van der Waals surface area (Å²) in [6.45, 7) is 3.94. The Labute approximate surface area is 99.0 Å². The molecule has 0 bridgehead atoms. The molecule has 1 atom stereocenters. The van der Waals surface area contributed by atoms with Gasteiger partial charge in [0.15, 0.2) is 6.10 Å². The lowest BCUT2D eigenvalue weighted by molar-refractivity contribution is 0.248. The number of benzene rings is 1. The van der Waals surface area contributed by atoms with E-state index in [4.69, 9.17) is 10.00 Å². The van der Waals surface area contributed by atoms with Crippen molar-refractivity contribution < 1.29 is 4.74 Å². The number of hydrogen-bond acceptors (Lipinski definition) is 2. The molecular weight excluding hydrogens is 254 g/mol. The molecule has 2 nitrogen and oxygen atoms in total. The van der Waals surface area contributed by atoms with Crippen molar-refractivity contribution in [2.24, 2.45) is 0 Å². The van der Waals surface area contributed by atoms with Crippen LogP contribution in [0.15, 0.2) is 18.2 Å². The average molecular weight is 268 g/mol. The number of nitriles is 1. The maximum absolute atomic E-state index is 8.86. The SMILES string of the molecule is CCC(C#N)Oc1c(C)cccc1CBr. The number of hydrogen-bond donors (Lipinski definition) is 0. The Bertz CT molecular complexity index is 370. The highest BCUT2D eigenvalue weighted by atomic mass is 79.9. The summed E-state index contributed by atoms with van der Waals surface area (Å²) in [5, 5.41) is 9.60. The van der Waals surface area contributed by atoms with Crippen LogP contribution < -0.4 is 4.74 Å². The summed E-state index contributed by atoms with van der Waals surface area (Å²) >= 11 is 3.41. The third-order valence-electron chi connectivity index (χ3n) is 2.21. The van der Waals surface area contributed by atoms with Gasteiger partial charge in [-0.3, -0.25) is 0 Å². The number of rotatable bonds is 4. The summed E-state index contributed by atoms with van der Waals surface area (Å²) < 4.78 is 5.67. The summed E-state index contributed by atoms with van der Waals surface area (Å²) in [6.07, 6.45) is 0.343. The smallest absolute Gasteiger partial charge is 0.184 e. The molecule has 0 radical (unpaired) electrons. The monoisotopic (exact) mass is 267 g/mol. The zero-order chi connectivity index (χ0) is 11.3. The first-order valence-electron chi connectivity index (χ1n) is 4.93. The Morgan fingerprint density at radius 3 is 2.80 bits per heavy atom. The van der Waals surface area contributed by atoms with Gasteiger partial charge in [0.05, 0.1) is 0 Å². The van der Waals surface area contributed by atoms with Gasteiger partial charge in [-0.15, -0.1) is 0 Å². The Balaban J connectivity index is 2.97. The van der Waals surface area contributed by atoms with Crippen molar-refractivity contribution in [3.63, 3.8) is 0 Å². The minimum Gasteiger partial charge on any atom is -0.475 e. The number of halogens is 1. The summed E-state index contributed by atoms with van der Waals surface area (Å²) in [5.74, 6) is 0.836. The number of ether oxygens (including phenoxy) is 1. The maximum atomic E-state index is 8.86. The first kappa shape index (κ1) is 12.1. The molecule has 1 aromatic carbocycles. The Kier molecular flexibility index (Phi) is 4.64. The highest BCUT2D eigenvalue weighted by molar-refractivity contribution is 9.08. The molecule has 0 saturated heterocycles. The van der Waals surface area contributed by atoms with Crippen molar-refractivity contribution in [2.75, 3.05) is 0 Å². The molecule has 0 aromatic heterocycles. The largest absolute Gasteiger partial charge is 0.475 e. The molecule has 0 fully saturated rings. The molecule has 3 heteroatoms. The molecule has 15 heavy (non-hydrogen) atoms. The Hall–Kier alpha value is -1.01. The highest BCUT2D eigenvalue weighted by Crippen LogP contribution is 2.26. The van der Waals surface area contributed by atoms with Crippen molar-refractivity contribution in [1.82, 2.24) is 0 Å². The predicted octanol–water partition coefficient (Wildman–Crippen LogP) is 3.57. The van der Waals surface area contributed by atoms with Crippen LogP contribution in [-0.2, 0) is 5.33 Å². The Morgan fingerprint density at radius 2 is 2.27 bits per heavy atom. The molecule has 0 aliphatic heterocycles. The van der Waals surface area contributed by atoms with Crippen LogP contribution in [0.5, 0.6) is 5.75 Å². The standard InChI is InChI=1S/C12H14BrNO/c1-3-11(8-14)15-12-9(2)5-4-6-10(12)7-13/h4-6,11H,3,7H2,1-2H3. The van der Waals surface area contributed by atoms with Gasteiger partial charge >= 0.3 is 0 Å². The van der Waals surface area contributed by atoms with Gasteiger partial charge in [-0.25, -0.2) is 0 Å². The van der Waals surface area contributed by atoms with Gasteiger partial charge in [-0.2, -0.15) is 5.26 Å². The van der Waals surface area contributed by atoms with Crippen LogP contribution in [-0.4, -0.2) is 6.10 Å². The first-order valence-corrected chi connectivity index (χ1v) is 6.05. The summed E-state index contributed by atoms with van der Waals surface area (Å²) in [5.41, 5.74) is 2.16. The molecule has 0 saturated carbocycles. The van der Waals surface area contributed by atoms with Gasteiger partial charge < -0.3 is 4.74 Å². The molecule has 1 rings (SSSR count). The van der Waals surface area contributed by atoms with E-state index in [1.807, 2.05) is 32.0 Å². The second kappa shape index (κ2) is 5.77. The quantitative estimate of drug-likeness (QED) is 0.782. The van der Waals surface area contributed by atoms with Crippen molar-refractivity contribution in [3.05, 3.63) is 29.3 Å². The molecule has 0 spiro atoms. The first-order chi connectivity index (χ1) is 7.22. The van der Waals surface area contributed by atoms with Gasteiger partial charge in [0, 0.05) is 10.9 Å². The number of aryl methyl sites for hydroxylation is 1. The number of para-hydroxylation sites is 1. The van der Waals surface area contributed by atoms with E-state index in [1.54, 1.807) is 0 Å². The molecule has 1 aromatic rings. The van der Waals surface area contributed by atoms with Gasteiger partial charge in [-0.05, 0) is 18.9 Å². The lowest BCUT2D eigenvalue weighted by atomic mass is 10.1. The van der Waals surface area contributed by atoms with Crippen LogP contribution in [0.25, 0.3) is 0 Å². The van der Waals surface area contributed by atoms with Crippen molar-refractivity contribution in [3.8, 4) is 11.8 Å². The number of nitrogens with zero attached hydrogens (tertiary/aromatic N) is 1. The zero-order valence-corrected chi connectivity index (χ0v) is 10.5. The van der Waals surface area contributed by atoms with Crippen LogP contribution >= 0.6 is 15.9 Å². The minimum atomic E-state index is -0.357. The maximum Gasteiger partial charge on any atom is 0.184 e. The summed E-state index contributed by atoms with van der Waals surface area (Å²) in [4.78, 5) is 0. The van der Waals surface area contributed by atoms with E-state index in [9.17, 15) is 0 Å². The van der Waals surface area contributed by atoms with Gasteiger partial charge in [0.2, 0.25) is 0 Å². The van der Waals surface area contributed by atoms with Gasteiger partial charge in [0.1, 0.15) is 11.8 Å². The third kappa shape index (κ3) is 2.97. The lowest BCUT2D eigenvalue weighted by Crippen LogP contribution is -2.14. The molecule has 80 valence electrons. The van der Waals surface area contributed by atoms with Crippen LogP contribution in [0.2, 0.25) is 0 Å². The van der Waals surface area contributed by atoms with Crippen molar-refractivity contribution >= 4 is 15.9 Å². The van der Waals surface area contributed by atoms with E-state index >= 15 is 0 Å². The topological polar surface area (TPSA) is 33.0 Å². The highest BCUT2D eigenvalue weighted by Gasteiger charge is 2.11. The zero-order valence-electron chi connectivity index (χ0n) is 8.96. The van der Waals surface area contributed by atoms with Crippen molar-refractivity contribution in [1.29, 1.82) is 5.26 Å². The number of alkyl halides is 1. The van der Waals surface area contributed by atoms with Crippen LogP contribution in [0.3, 0.4) is 0 Å². The van der Waals surface area contributed by atoms with E-state index in [0.717, 1.165) is 22.2 Å². The molecule has 0 heterocycles. The van der Waals surface area contributed by atoms with E-state index < -0.39 is 0 Å². The fourth-order valence-corrected chi connectivity index (χ4v) is 1.77. The third-order valence-corrected chi connectivity index (χ3v) is 2.82. The molecule has 1 unspecified atom stereocenters.